The van der Waals surface area contributed by atoms with E-state index in [0.29, 0.717) is 12.2 Å². The van der Waals surface area contributed by atoms with Crippen molar-refractivity contribution in [2.45, 2.75) is 25.8 Å². The molecule has 0 spiro atoms. The molecule has 0 aliphatic carbocycles. The zero-order valence-electron chi connectivity index (χ0n) is 9.80. The standard InChI is InChI=1S/C10H16N4O3/c1-3-10(2,6-15)13-8-5-4-7(14(16)17)9(11)12-8/h4-5,15H,3,6H2,1-2H3,(H3,11,12,13). The number of pyridine rings is 1. The van der Waals surface area contributed by atoms with E-state index in [1.807, 2.05) is 13.8 Å². The second-order valence-electron chi connectivity index (χ2n) is 4.06. The van der Waals surface area contributed by atoms with E-state index in [1.54, 1.807) is 0 Å². The molecule has 1 atom stereocenters. The highest BCUT2D eigenvalue weighted by molar-refractivity contribution is 5.57. The number of hydrogen-bond acceptors (Lipinski definition) is 6. The van der Waals surface area contributed by atoms with Crippen molar-refractivity contribution in [1.29, 1.82) is 0 Å². The lowest BCUT2D eigenvalue weighted by atomic mass is 10.0. The molecule has 0 fully saturated rings. The first-order chi connectivity index (χ1) is 7.91. The van der Waals surface area contributed by atoms with Crippen LogP contribution in [0.3, 0.4) is 0 Å². The first-order valence-corrected chi connectivity index (χ1v) is 5.22. The number of nitrogens with two attached hydrogens (primary N) is 1. The highest BCUT2D eigenvalue weighted by Gasteiger charge is 2.22. The smallest absolute Gasteiger partial charge is 0.311 e. The summed E-state index contributed by atoms with van der Waals surface area (Å²) in [6, 6.07) is 2.76. The van der Waals surface area contributed by atoms with Crippen molar-refractivity contribution in [3.8, 4) is 0 Å². The van der Waals surface area contributed by atoms with Crippen LogP contribution in [0, 0.1) is 10.1 Å². The van der Waals surface area contributed by atoms with Crippen LogP contribution >= 0.6 is 0 Å². The number of anilines is 2. The Balaban J connectivity index is 2.95. The second-order valence-corrected chi connectivity index (χ2v) is 4.06. The molecule has 0 aromatic carbocycles. The summed E-state index contributed by atoms with van der Waals surface area (Å²) < 4.78 is 0. The lowest BCUT2D eigenvalue weighted by Crippen LogP contribution is -2.38. The van der Waals surface area contributed by atoms with Crippen LogP contribution in [0.4, 0.5) is 17.3 Å². The number of nitro groups is 1. The summed E-state index contributed by atoms with van der Waals surface area (Å²) in [5, 5.41) is 22.8. The van der Waals surface area contributed by atoms with Crippen molar-refractivity contribution in [3.05, 3.63) is 22.2 Å². The van der Waals surface area contributed by atoms with Crippen molar-refractivity contribution in [1.82, 2.24) is 4.98 Å². The number of nitrogens with zero attached hydrogens (tertiary/aromatic N) is 2. The molecule has 7 nitrogen and oxygen atoms in total. The molecular formula is C10H16N4O3. The lowest BCUT2D eigenvalue weighted by molar-refractivity contribution is -0.384. The zero-order chi connectivity index (χ0) is 13.1. The average Bonchev–Trinajstić information content (AvgIpc) is 2.28. The SMILES string of the molecule is CCC(C)(CO)Nc1ccc([N+](=O)[O-])c(N)n1. The Labute approximate surface area is 98.8 Å². The van der Waals surface area contributed by atoms with Crippen molar-refractivity contribution in [3.63, 3.8) is 0 Å². The third kappa shape index (κ3) is 3.04. The van der Waals surface area contributed by atoms with Gasteiger partial charge in [-0.1, -0.05) is 6.92 Å². The summed E-state index contributed by atoms with van der Waals surface area (Å²) >= 11 is 0. The Morgan fingerprint density at radius 1 is 1.65 bits per heavy atom. The van der Waals surface area contributed by atoms with Gasteiger partial charge in [0.05, 0.1) is 17.1 Å². The normalized spacial score (nSPS) is 14.1. The molecule has 1 aromatic rings. The Kier molecular flexibility index (Phi) is 3.84. The van der Waals surface area contributed by atoms with Crippen LogP contribution in [0.15, 0.2) is 12.1 Å². The summed E-state index contributed by atoms with van der Waals surface area (Å²) in [7, 11) is 0. The molecule has 94 valence electrons. The van der Waals surface area contributed by atoms with Crippen molar-refractivity contribution in [2.75, 3.05) is 17.7 Å². The van der Waals surface area contributed by atoms with Crippen molar-refractivity contribution >= 4 is 17.3 Å². The number of nitrogen functional groups attached to an aromatic ring is 1. The molecule has 0 amide bonds. The molecule has 7 heteroatoms. The molecule has 0 saturated carbocycles. The van der Waals surface area contributed by atoms with Gasteiger partial charge in [-0.25, -0.2) is 4.98 Å². The van der Waals surface area contributed by atoms with E-state index in [-0.39, 0.29) is 18.1 Å². The van der Waals surface area contributed by atoms with Gasteiger partial charge in [-0.05, 0) is 19.4 Å². The minimum Gasteiger partial charge on any atom is -0.394 e. The summed E-state index contributed by atoms with van der Waals surface area (Å²) in [4.78, 5) is 13.9. The molecular weight excluding hydrogens is 224 g/mol. The van der Waals surface area contributed by atoms with E-state index in [4.69, 9.17) is 5.73 Å². The Bertz CT molecular complexity index is 418. The van der Waals surface area contributed by atoms with Crippen LogP contribution in [0.2, 0.25) is 0 Å². The van der Waals surface area contributed by atoms with Crippen LogP contribution < -0.4 is 11.1 Å². The third-order valence-electron chi connectivity index (χ3n) is 2.66. The van der Waals surface area contributed by atoms with Gasteiger partial charge >= 0.3 is 5.69 Å². The number of rotatable bonds is 5. The van der Waals surface area contributed by atoms with Gasteiger partial charge in [0, 0.05) is 6.07 Å². The summed E-state index contributed by atoms with van der Waals surface area (Å²) in [6.45, 7) is 3.67. The van der Waals surface area contributed by atoms with Gasteiger partial charge in [0.1, 0.15) is 5.82 Å². The fraction of sp³-hybridized carbons (Fsp3) is 0.500. The molecule has 0 bridgehead atoms. The first-order valence-electron chi connectivity index (χ1n) is 5.22. The predicted octanol–water partition coefficient (Wildman–Crippen LogP) is 1.14. The monoisotopic (exact) mass is 240 g/mol. The van der Waals surface area contributed by atoms with Gasteiger partial charge in [0.25, 0.3) is 0 Å². The van der Waals surface area contributed by atoms with E-state index >= 15 is 0 Å². The number of aromatic nitrogens is 1. The van der Waals surface area contributed by atoms with Gasteiger partial charge in [0.15, 0.2) is 0 Å². The topological polar surface area (TPSA) is 114 Å². The largest absolute Gasteiger partial charge is 0.394 e. The Hall–Kier alpha value is -1.89. The van der Waals surface area contributed by atoms with E-state index in [1.165, 1.54) is 12.1 Å². The molecule has 1 aromatic heterocycles. The maximum Gasteiger partial charge on any atom is 0.311 e. The van der Waals surface area contributed by atoms with Gasteiger partial charge in [-0.3, -0.25) is 10.1 Å². The molecule has 1 heterocycles. The fourth-order valence-corrected chi connectivity index (χ4v) is 1.24. The van der Waals surface area contributed by atoms with Gasteiger partial charge in [-0.2, -0.15) is 0 Å². The van der Waals surface area contributed by atoms with E-state index in [2.05, 4.69) is 10.3 Å². The first kappa shape index (κ1) is 13.2. The number of aliphatic hydroxyl groups excluding tert-OH is 1. The van der Waals surface area contributed by atoms with Crippen molar-refractivity contribution < 1.29 is 10.0 Å². The third-order valence-corrected chi connectivity index (χ3v) is 2.66. The maximum absolute atomic E-state index is 10.6. The Morgan fingerprint density at radius 3 is 2.71 bits per heavy atom. The summed E-state index contributed by atoms with van der Waals surface area (Å²) in [5.74, 6) is 0.267. The molecule has 0 radical (unpaired) electrons. The van der Waals surface area contributed by atoms with Gasteiger partial charge < -0.3 is 16.2 Å². The van der Waals surface area contributed by atoms with Crippen LogP contribution in [0.25, 0.3) is 0 Å². The minimum atomic E-state index is -0.586. The van der Waals surface area contributed by atoms with Gasteiger partial charge in [0.2, 0.25) is 5.82 Å². The molecule has 0 saturated heterocycles. The zero-order valence-corrected chi connectivity index (χ0v) is 9.80. The molecule has 4 N–H and O–H groups in total. The van der Waals surface area contributed by atoms with Crippen LogP contribution in [-0.4, -0.2) is 27.2 Å². The summed E-state index contributed by atoms with van der Waals surface area (Å²) in [6.07, 6.45) is 0.683. The quantitative estimate of drug-likeness (QED) is 0.525. The number of hydrogen-bond donors (Lipinski definition) is 3. The highest BCUT2D eigenvalue weighted by Crippen LogP contribution is 2.23. The van der Waals surface area contributed by atoms with Gasteiger partial charge in [-0.15, -0.1) is 0 Å². The highest BCUT2D eigenvalue weighted by atomic mass is 16.6. The molecule has 1 rings (SSSR count). The maximum atomic E-state index is 10.6. The van der Waals surface area contributed by atoms with Crippen LogP contribution in [0.1, 0.15) is 20.3 Å². The predicted molar refractivity (Wildman–Crippen MR) is 64.7 cm³/mol. The number of nitrogens with one attached hydrogen (secondary N) is 1. The van der Waals surface area contributed by atoms with Crippen LogP contribution in [-0.2, 0) is 0 Å². The fourth-order valence-electron chi connectivity index (χ4n) is 1.24. The summed E-state index contributed by atoms with van der Waals surface area (Å²) in [5.41, 5.74) is 4.73. The molecule has 0 aliphatic rings. The molecule has 17 heavy (non-hydrogen) atoms. The average molecular weight is 240 g/mol. The van der Waals surface area contributed by atoms with E-state index < -0.39 is 10.5 Å². The van der Waals surface area contributed by atoms with Crippen LogP contribution in [0.5, 0.6) is 0 Å². The Morgan fingerprint density at radius 2 is 2.29 bits per heavy atom. The second kappa shape index (κ2) is 4.96. The van der Waals surface area contributed by atoms with E-state index in [9.17, 15) is 15.2 Å². The molecule has 0 aliphatic heterocycles. The van der Waals surface area contributed by atoms with E-state index in [0.717, 1.165) is 0 Å². The molecule has 1 unspecified atom stereocenters. The number of aliphatic hydroxyl groups is 1. The van der Waals surface area contributed by atoms with Crippen molar-refractivity contribution in [2.24, 2.45) is 0 Å². The lowest BCUT2D eigenvalue weighted by Gasteiger charge is -2.27. The minimum absolute atomic E-state index is 0.0674.